The van der Waals surface area contributed by atoms with Crippen molar-refractivity contribution >= 4 is 0 Å². The number of nitrogens with one attached hydrogen (secondary N) is 1. The first-order valence-corrected chi connectivity index (χ1v) is 8.35. The zero-order valence-corrected chi connectivity index (χ0v) is 13.4. The molecule has 1 fully saturated rings. The quantitative estimate of drug-likeness (QED) is 0.755. The number of hydrogen-bond donors (Lipinski definition) is 1. The highest BCUT2D eigenvalue weighted by molar-refractivity contribution is 5.25. The maximum Gasteiger partial charge on any atom is 0.0831 e. The zero-order chi connectivity index (χ0) is 14.9. The molecule has 0 aromatic heterocycles. The number of rotatable bonds is 9. The van der Waals surface area contributed by atoms with E-state index in [1.165, 1.54) is 17.5 Å². The summed E-state index contributed by atoms with van der Waals surface area (Å²) in [5.41, 5.74) is 2.74. The van der Waals surface area contributed by atoms with Crippen molar-refractivity contribution in [1.82, 2.24) is 5.32 Å². The smallest absolute Gasteiger partial charge is 0.0831 e. The minimum absolute atomic E-state index is 0.273. The van der Waals surface area contributed by atoms with Crippen LogP contribution in [0.3, 0.4) is 0 Å². The van der Waals surface area contributed by atoms with E-state index in [0.29, 0.717) is 0 Å². The van der Waals surface area contributed by atoms with E-state index >= 15 is 0 Å². The van der Waals surface area contributed by atoms with Crippen molar-refractivity contribution in [1.29, 1.82) is 0 Å². The van der Waals surface area contributed by atoms with Gasteiger partial charge >= 0.3 is 0 Å². The molecule has 118 valence electrons. The molecule has 2 atom stereocenters. The minimum atomic E-state index is 0.273. The first-order valence-electron chi connectivity index (χ1n) is 8.35. The van der Waals surface area contributed by atoms with E-state index < -0.39 is 0 Å². The highest BCUT2D eigenvalue weighted by atomic mass is 16.5. The van der Waals surface area contributed by atoms with Gasteiger partial charge in [-0.15, -0.1) is 0 Å². The van der Waals surface area contributed by atoms with E-state index in [-0.39, 0.29) is 12.1 Å². The molecule has 0 radical (unpaired) electrons. The molecule has 2 unspecified atom stereocenters. The van der Waals surface area contributed by atoms with Gasteiger partial charge in [0.05, 0.1) is 25.4 Å². The fraction of sp³-hybridized carbons (Fsp3) is 0.667. The van der Waals surface area contributed by atoms with Gasteiger partial charge in [0.2, 0.25) is 0 Å². The van der Waals surface area contributed by atoms with Crippen molar-refractivity contribution in [2.75, 3.05) is 26.4 Å². The highest BCUT2D eigenvalue weighted by Crippen LogP contribution is 2.18. The summed E-state index contributed by atoms with van der Waals surface area (Å²) in [6, 6.07) is 9.26. The van der Waals surface area contributed by atoms with E-state index in [1.807, 2.05) is 0 Å². The number of aryl methyl sites for hydroxylation is 1. The molecule has 1 aliphatic rings. The predicted octanol–water partition coefficient (Wildman–Crippen LogP) is 3.49. The van der Waals surface area contributed by atoms with E-state index in [4.69, 9.17) is 9.47 Å². The van der Waals surface area contributed by atoms with Gasteiger partial charge in [0.1, 0.15) is 0 Å². The molecule has 0 spiro atoms. The lowest BCUT2D eigenvalue weighted by Crippen LogP contribution is -2.28. The van der Waals surface area contributed by atoms with Gasteiger partial charge in [-0.1, -0.05) is 44.5 Å². The molecule has 0 bridgehead atoms. The molecule has 21 heavy (non-hydrogen) atoms. The molecule has 1 aromatic carbocycles. The van der Waals surface area contributed by atoms with Crippen LogP contribution in [0.1, 0.15) is 50.3 Å². The molecule has 0 amide bonds. The Morgan fingerprint density at radius 3 is 2.67 bits per heavy atom. The second-order valence-electron chi connectivity index (χ2n) is 5.82. The average molecular weight is 291 g/mol. The Hall–Kier alpha value is -0.900. The topological polar surface area (TPSA) is 30.5 Å². The lowest BCUT2D eigenvalue weighted by Gasteiger charge is -2.21. The van der Waals surface area contributed by atoms with Crippen LogP contribution < -0.4 is 5.32 Å². The van der Waals surface area contributed by atoms with Crippen molar-refractivity contribution in [3.05, 3.63) is 35.4 Å². The van der Waals surface area contributed by atoms with Crippen molar-refractivity contribution in [2.24, 2.45) is 0 Å². The van der Waals surface area contributed by atoms with Gasteiger partial charge in [0, 0.05) is 6.61 Å². The third-order valence-corrected chi connectivity index (χ3v) is 3.95. The zero-order valence-electron chi connectivity index (χ0n) is 13.4. The maximum absolute atomic E-state index is 6.01. The molecular weight excluding hydrogens is 262 g/mol. The van der Waals surface area contributed by atoms with Gasteiger partial charge in [0.15, 0.2) is 0 Å². The SMILES string of the molecule is CCCNC(COC1CCOC1)c1ccc(CCC)cc1. The molecule has 1 aliphatic heterocycles. The van der Waals surface area contributed by atoms with Gasteiger partial charge < -0.3 is 14.8 Å². The first kappa shape index (κ1) is 16.5. The van der Waals surface area contributed by atoms with Crippen LogP contribution >= 0.6 is 0 Å². The van der Waals surface area contributed by atoms with Crippen LogP contribution in [-0.4, -0.2) is 32.5 Å². The molecule has 1 heterocycles. The lowest BCUT2D eigenvalue weighted by molar-refractivity contribution is 0.0297. The van der Waals surface area contributed by atoms with Crippen LogP contribution in [0.2, 0.25) is 0 Å². The van der Waals surface area contributed by atoms with Gasteiger partial charge in [-0.3, -0.25) is 0 Å². The van der Waals surface area contributed by atoms with Crippen LogP contribution in [0.5, 0.6) is 0 Å². The summed E-state index contributed by atoms with van der Waals surface area (Å²) in [4.78, 5) is 0. The molecule has 0 saturated carbocycles. The number of ether oxygens (including phenoxy) is 2. The van der Waals surface area contributed by atoms with E-state index in [2.05, 4.69) is 43.4 Å². The van der Waals surface area contributed by atoms with Crippen LogP contribution in [0.15, 0.2) is 24.3 Å². The van der Waals surface area contributed by atoms with Crippen molar-refractivity contribution < 1.29 is 9.47 Å². The minimum Gasteiger partial charge on any atom is -0.379 e. The molecular formula is C18H29NO2. The van der Waals surface area contributed by atoms with Crippen molar-refractivity contribution in [2.45, 2.75) is 51.7 Å². The summed E-state index contributed by atoms with van der Waals surface area (Å²) in [5, 5.41) is 3.60. The predicted molar refractivity (Wildman–Crippen MR) is 86.6 cm³/mol. The maximum atomic E-state index is 6.01. The monoisotopic (exact) mass is 291 g/mol. The van der Waals surface area contributed by atoms with Gasteiger partial charge in [-0.05, 0) is 36.9 Å². The Labute approximate surface area is 129 Å². The van der Waals surface area contributed by atoms with Gasteiger partial charge in [-0.25, -0.2) is 0 Å². The Balaban J connectivity index is 1.92. The molecule has 1 N–H and O–H groups in total. The molecule has 1 aromatic rings. The summed E-state index contributed by atoms with van der Waals surface area (Å²) in [7, 11) is 0. The molecule has 3 nitrogen and oxygen atoms in total. The second-order valence-corrected chi connectivity index (χ2v) is 5.82. The van der Waals surface area contributed by atoms with Crippen LogP contribution in [-0.2, 0) is 15.9 Å². The van der Waals surface area contributed by atoms with Crippen molar-refractivity contribution in [3.8, 4) is 0 Å². The first-order chi connectivity index (χ1) is 10.3. The fourth-order valence-corrected chi connectivity index (χ4v) is 2.67. The largest absolute Gasteiger partial charge is 0.379 e. The normalized spacial score (nSPS) is 19.8. The third-order valence-electron chi connectivity index (χ3n) is 3.95. The highest BCUT2D eigenvalue weighted by Gasteiger charge is 2.19. The lowest BCUT2D eigenvalue weighted by atomic mass is 10.0. The summed E-state index contributed by atoms with van der Waals surface area (Å²) in [6.07, 6.45) is 4.79. The Morgan fingerprint density at radius 1 is 1.24 bits per heavy atom. The van der Waals surface area contributed by atoms with Crippen LogP contribution in [0.4, 0.5) is 0 Å². The van der Waals surface area contributed by atoms with Crippen LogP contribution in [0, 0.1) is 0 Å². The van der Waals surface area contributed by atoms with Crippen LogP contribution in [0.25, 0.3) is 0 Å². The molecule has 2 rings (SSSR count). The fourth-order valence-electron chi connectivity index (χ4n) is 2.67. The van der Waals surface area contributed by atoms with E-state index in [9.17, 15) is 0 Å². The molecule has 3 heteroatoms. The third kappa shape index (κ3) is 5.42. The Kier molecular flexibility index (Phi) is 7.20. The summed E-state index contributed by atoms with van der Waals surface area (Å²) in [6.45, 7) is 7.74. The number of benzene rings is 1. The van der Waals surface area contributed by atoms with Crippen molar-refractivity contribution in [3.63, 3.8) is 0 Å². The number of hydrogen-bond acceptors (Lipinski definition) is 3. The van der Waals surface area contributed by atoms with E-state index in [1.54, 1.807) is 0 Å². The van der Waals surface area contributed by atoms with E-state index in [0.717, 1.165) is 45.6 Å². The standard InChI is InChI=1S/C18H29NO2/c1-3-5-15-6-8-16(9-7-15)18(19-11-4-2)14-21-17-10-12-20-13-17/h6-9,17-19H,3-5,10-14H2,1-2H3. The Morgan fingerprint density at radius 2 is 2.05 bits per heavy atom. The summed E-state index contributed by atoms with van der Waals surface area (Å²) in [5.74, 6) is 0. The molecule has 1 saturated heterocycles. The molecule has 0 aliphatic carbocycles. The second kappa shape index (κ2) is 9.19. The van der Waals surface area contributed by atoms with Gasteiger partial charge in [-0.2, -0.15) is 0 Å². The summed E-state index contributed by atoms with van der Waals surface area (Å²) >= 11 is 0. The average Bonchev–Trinajstić information content (AvgIpc) is 3.02. The van der Waals surface area contributed by atoms with Gasteiger partial charge in [0.25, 0.3) is 0 Å². The summed E-state index contributed by atoms with van der Waals surface area (Å²) < 4.78 is 11.4. The Bertz CT molecular complexity index is 385.